The average Bonchev–Trinajstić information content (AvgIpc) is 3.22. The molecule has 2 atom stereocenters. The smallest absolute Gasteiger partial charge is 0.320 e. The van der Waals surface area contributed by atoms with Crippen molar-refractivity contribution < 1.29 is 4.79 Å². The van der Waals surface area contributed by atoms with E-state index < -0.39 is 0 Å². The Morgan fingerprint density at radius 3 is 2.76 bits per heavy atom. The van der Waals surface area contributed by atoms with Gasteiger partial charge >= 0.3 is 6.03 Å². The highest BCUT2D eigenvalue weighted by Gasteiger charge is 2.39. The van der Waals surface area contributed by atoms with E-state index in [1.54, 1.807) is 10.7 Å². The lowest BCUT2D eigenvalue weighted by Crippen LogP contribution is -2.31. The molecular weight excluding hydrogens is 336 g/mol. The Morgan fingerprint density at radius 1 is 1.12 bits per heavy atom. The fourth-order valence-corrected chi connectivity index (χ4v) is 3.09. The standard InChI is InChI=1S/C19H17ClN4O/c20-14-6-4-5-13(11-14)16-12-17(16)21-19(25)22-18-9-10-24(23-18)15-7-2-1-3-8-15/h1-11,16-17H,12H2,(H2,21,22,23,25)/t16-,17+/m1/s1. The van der Waals surface area contributed by atoms with Crippen LogP contribution in [0.4, 0.5) is 10.6 Å². The van der Waals surface area contributed by atoms with E-state index >= 15 is 0 Å². The predicted octanol–water partition coefficient (Wildman–Crippen LogP) is 4.20. The third-order valence-electron chi connectivity index (χ3n) is 4.24. The zero-order chi connectivity index (χ0) is 17.2. The van der Waals surface area contributed by atoms with Gasteiger partial charge in [-0.3, -0.25) is 5.32 Å². The summed E-state index contributed by atoms with van der Waals surface area (Å²) in [5.74, 6) is 0.840. The van der Waals surface area contributed by atoms with Crippen LogP contribution < -0.4 is 10.6 Å². The Balaban J connectivity index is 1.34. The number of hydrogen-bond acceptors (Lipinski definition) is 2. The first-order valence-electron chi connectivity index (χ1n) is 8.13. The van der Waals surface area contributed by atoms with Gasteiger partial charge in [0, 0.05) is 29.2 Å². The van der Waals surface area contributed by atoms with Crippen molar-refractivity contribution in [3.63, 3.8) is 0 Å². The number of nitrogens with one attached hydrogen (secondary N) is 2. The van der Waals surface area contributed by atoms with Gasteiger partial charge in [0.25, 0.3) is 0 Å². The van der Waals surface area contributed by atoms with Crippen molar-refractivity contribution in [1.82, 2.24) is 15.1 Å². The van der Waals surface area contributed by atoms with E-state index in [2.05, 4.69) is 15.7 Å². The van der Waals surface area contributed by atoms with Crippen molar-refractivity contribution in [2.24, 2.45) is 0 Å². The van der Waals surface area contributed by atoms with Crippen LogP contribution in [0.15, 0.2) is 66.9 Å². The van der Waals surface area contributed by atoms with Gasteiger partial charge in [0.2, 0.25) is 0 Å². The molecule has 1 aliphatic carbocycles. The summed E-state index contributed by atoms with van der Waals surface area (Å²) in [4.78, 5) is 12.2. The number of amides is 2. The van der Waals surface area contributed by atoms with Gasteiger partial charge in [0.15, 0.2) is 5.82 Å². The minimum atomic E-state index is -0.243. The molecule has 0 radical (unpaired) electrons. The molecule has 0 unspecified atom stereocenters. The highest BCUT2D eigenvalue weighted by atomic mass is 35.5. The third kappa shape index (κ3) is 3.67. The number of hydrogen-bond donors (Lipinski definition) is 2. The van der Waals surface area contributed by atoms with Crippen LogP contribution in [0.3, 0.4) is 0 Å². The van der Waals surface area contributed by atoms with Crippen LogP contribution in [-0.2, 0) is 0 Å². The molecule has 3 aromatic rings. The van der Waals surface area contributed by atoms with Gasteiger partial charge in [-0.2, -0.15) is 0 Å². The molecule has 4 rings (SSSR count). The second kappa shape index (κ2) is 6.61. The average molecular weight is 353 g/mol. The maximum absolute atomic E-state index is 12.2. The van der Waals surface area contributed by atoms with Gasteiger partial charge in [-0.05, 0) is 36.2 Å². The topological polar surface area (TPSA) is 59.0 Å². The molecule has 0 spiro atoms. The maximum Gasteiger partial charge on any atom is 0.320 e. The van der Waals surface area contributed by atoms with Crippen molar-refractivity contribution >= 4 is 23.4 Å². The molecule has 1 heterocycles. The monoisotopic (exact) mass is 352 g/mol. The van der Waals surface area contributed by atoms with Crippen molar-refractivity contribution in [1.29, 1.82) is 0 Å². The quantitative estimate of drug-likeness (QED) is 0.739. The molecule has 2 aromatic carbocycles. The van der Waals surface area contributed by atoms with Crippen molar-refractivity contribution in [2.45, 2.75) is 18.4 Å². The summed E-state index contributed by atoms with van der Waals surface area (Å²) in [5, 5.41) is 10.8. The fraction of sp³-hybridized carbons (Fsp3) is 0.158. The zero-order valence-corrected chi connectivity index (χ0v) is 14.1. The highest BCUT2D eigenvalue weighted by molar-refractivity contribution is 6.30. The summed E-state index contributed by atoms with van der Waals surface area (Å²) in [6, 6.07) is 19.2. The largest absolute Gasteiger partial charge is 0.334 e. The highest BCUT2D eigenvalue weighted by Crippen LogP contribution is 2.41. The van der Waals surface area contributed by atoms with E-state index in [1.807, 2.05) is 60.8 Å². The van der Waals surface area contributed by atoms with E-state index in [1.165, 1.54) is 0 Å². The molecule has 126 valence electrons. The molecule has 25 heavy (non-hydrogen) atoms. The van der Waals surface area contributed by atoms with Crippen molar-refractivity contribution in [2.75, 3.05) is 5.32 Å². The van der Waals surface area contributed by atoms with Crippen molar-refractivity contribution in [3.8, 4) is 5.69 Å². The molecule has 1 aromatic heterocycles. The number of rotatable bonds is 4. The first-order chi connectivity index (χ1) is 12.2. The van der Waals surface area contributed by atoms with E-state index in [0.29, 0.717) is 11.7 Å². The summed E-state index contributed by atoms with van der Waals surface area (Å²) in [6.45, 7) is 0. The van der Waals surface area contributed by atoms with Gasteiger partial charge in [-0.25, -0.2) is 9.48 Å². The zero-order valence-electron chi connectivity index (χ0n) is 13.4. The van der Waals surface area contributed by atoms with Crippen LogP contribution in [0.1, 0.15) is 17.9 Å². The third-order valence-corrected chi connectivity index (χ3v) is 4.47. The number of aromatic nitrogens is 2. The molecule has 0 aliphatic heterocycles. The molecule has 1 aliphatic rings. The number of anilines is 1. The maximum atomic E-state index is 12.2. The van der Waals surface area contributed by atoms with Gasteiger partial charge in [-0.15, -0.1) is 5.10 Å². The van der Waals surface area contributed by atoms with Crippen LogP contribution in [0.2, 0.25) is 5.02 Å². The Bertz CT molecular complexity index is 893. The van der Waals surface area contributed by atoms with E-state index in [4.69, 9.17) is 11.6 Å². The lowest BCUT2D eigenvalue weighted by atomic mass is 10.1. The normalized spacial score (nSPS) is 18.6. The van der Waals surface area contributed by atoms with Crippen molar-refractivity contribution in [3.05, 3.63) is 77.4 Å². The van der Waals surface area contributed by atoms with E-state index in [-0.39, 0.29) is 12.1 Å². The molecule has 1 fully saturated rings. The summed E-state index contributed by atoms with van der Waals surface area (Å²) >= 11 is 6.02. The fourth-order valence-electron chi connectivity index (χ4n) is 2.90. The van der Waals surface area contributed by atoms with Gasteiger partial charge in [0.05, 0.1) is 5.69 Å². The van der Waals surface area contributed by atoms with Gasteiger partial charge < -0.3 is 5.32 Å². The van der Waals surface area contributed by atoms with E-state index in [9.17, 15) is 4.79 Å². The number of nitrogens with zero attached hydrogens (tertiary/aromatic N) is 2. The summed E-state index contributed by atoms with van der Waals surface area (Å²) < 4.78 is 1.72. The Kier molecular flexibility index (Phi) is 4.15. The Hall–Kier alpha value is -2.79. The first-order valence-corrected chi connectivity index (χ1v) is 8.51. The lowest BCUT2D eigenvalue weighted by molar-refractivity contribution is 0.251. The van der Waals surface area contributed by atoms with Crippen LogP contribution in [-0.4, -0.2) is 21.9 Å². The van der Waals surface area contributed by atoms with Crippen LogP contribution in [0.5, 0.6) is 0 Å². The molecule has 6 heteroatoms. The molecule has 2 N–H and O–H groups in total. The summed E-state index contributed by atoms with van der Waals surface area (Å²) in [5.41, 5.74) is 2.10. The van der Waals surface area contributed by atoms with Gasteiger partial charge in [0.1, 0.15) is 0 Å². The predicted molar refractivity (Wildman–Crippen MR) is 98.3 cm³/mol. The number of para-hydroxylation sites is 1. The molecule has 0 saturated heterocycles. The molecule has 5 nitrogen and oxygen atoms in total. The second-order valence-electron chi connectivity index (χ2n) is 6.08. The first kappa shape index (κ1) is 15.7. The van der Waals surface area contributed by atoms with Gasteiger partial charge in [-0.1, -0.05) is 41.9 Å². The number of halogens is 1. The van der Waals surface area contributed by atoms with Crippen LogP contribution in [0, 0.1) is 0 Å². The summed E-state index contributed by atoms with van der Waals surface area (Å²) in [6.07, 6.45) is 2.74. The number of urea groups is 1. The number of carbonyl (C=O) groups is 1. The number of carbonyl (C=O) groups excluding carboxylic acids is 1. The lowest BCUT2D eigenvalue weighted by Gasteiger charge is -2.06. The summed E-state index contributed by atoms with van der Waals surface area (Å²) in [7, 11) is 0. The number of benzene rings is 2. The molecule has 2 amide bonds. The Morgan fingerprint density at radius 2 is 1.96 bits per heavy atom. The molecular formula is C19H17ClN4O. The van der Waals surface area contributed by atoms with Crippen LogP contribution >= 0.6 is 11.6 Å². The molecule has 0 bridgehead atoms. The second-order valence-corrected chi connectivity index (χ2v) is 6.52. The minimum Gasteiger partial charge on any atom is -0.334 e. The van der Waals surface area contributed by atoms with E-state index in [0.717, 1.165) is 22.7 Å². The Labute approximate surface area is 150 Å². The SMILES string of the molecule is O=C(Nc1ccn(-c2ccccc2)n1)N[C@H]1C[C@@H]1c1cccc(Cl)c1. The minimum absolute atomic E-state index is 0.134. The molecule has 1 saturated carbocycles. The van der Waals surface area contributed by atoms with Crippen LogP contribution in [0.25, 0.3) is 5.69 Å².